The van der Waals surface area contributed by atoms with Crippen LogP contribution in [0.1, 0.15) is 56.3 Å². The van der Waals surface area contributed by atoms with Crippen LogP contribution in [0.4, 0.5) is 11.4 Å². The number of rotatable bonds is 9. The standard InChI is InChI=1S/C26H34N4O3/c1-4-30(17-26(33)29-24-13-11-23(12-14-24)28-19(3)31)16-25(32)27-18(2)21-10-9-20-7-5-6-8-22(20)15-21/h9-15,18H,4-8,16-17H2,1-3H3,(H,27,32)(H,28,31)(H,29,33)/t18-/m1/s1. The summed E-state index contributed by atoms with van der Waals surface area (Å²) in [6, 6.07) is 13.4. The maximum atomic E-state index is 12.6. The van der Waals surface area contributed by atoms with E-state index in [1.807, 2.05) is 13.8 Å². The summed E-state index contributed by atoms with van der Waals surface area (Å²) in [6.07, 6.45) is 4.73. The van der Waals surface area contributed by atoms with Gasteiger partial charge in [0.1, 0.15) is 0 Å². The highest BCUT2D eigenvalue weighted by Gasteiger charge is 2.17. The number of nitrogens with zero attached hydrogens (tertiary/aromatic N) is 1. The first kappa shape index (κ1) is 24.5. The molecule has 0 bridgehead atoms. The number of nitrogens with one attached hydrogen (secondary N) is 3. The number of carbonyl (C=O) groups is 3. The molecule has 1 atom stereocenters. The fourth-order valence-corrected chi connectivity index (χ4v) is 4.12. The number of benzene rings is 2. The van der Waals surface area contributed by atoms with Gasteiger partial charge in [0.15, 0.2) is 0 Å². The van der Waals surface area contributed by atoms with Crippen molar-refractivity contribution in [1.29, 1.82) is 0 Å². The lowest BCUT2D eigenvalue weighted by Crippen LogP contribution is -2.41. The molecule has 0 aliphatic heterocycles. The zero-order chi connectivity index (χ0) is 23.8. The Hall–Kier alpha value is -3.19. The topological polar surface area (TPSA) is 90.5 Å². The zero-order valence-corrected chi connectivity index (χ0v) is 19.7. The second kappa shape index (κ2) is 11.6. The first-order chi connectivity index (χ1) is 15.8. The molecule has 7 heteroatoms. The third kappa shape index (κ3) is 7.43. The molecular weight excluding hydrogens is 416 g/mol. The second-order valence-corrected chi connectivity index (χ2v) is 8.63. The summed E-state index contributed by atoms with van der Waals surface area (Å²) in [5, 5.41) is 8.58. The molecule has 0 saturated heterocycles. The molecule has 3 rings (SSSR count). The van der Waals surface area contributed by atoms with E-state index in [2.05, 4.69) is 34.1 Å². The van der Waals surface area contributed by atoms with Crippen LogP contribution in [-0.4, -0.2) is 42.3 Å². The van der Waals surface area contributed by atoms with Gasteiger partial charge in [0.25, 0.3) is 0 Å². The van der Waals surface area contributed by atoms with Crippen LogP contribution in [0.2, 0.25) is 0 Å². The van der Waals surface area contributed by atoms with E-state index in [9.17, 15) is 14.4 Å². The van der Waals surface area contributed by atoms with Crippen LogP contribution >= 0.6 is 0 Å². The summed E-state index contributed by atoms with van der Waals surface area (Å²) >= 11 is 0. The van der Waals surface area contributed by atoms with E-state index in [1.165, 1.54) is 30.9 Å². The van der Waals surface area contributed by atoms with Crippen molar-refractivity contribution in [2.45, 2.75) is 52.5 Å². The van der Waals surface area contributed by atoms with E-state index in [1.54, 1.807) is 29.2 Å². The van der Waals surface area contributed by atoms with Crippen molar-refractivity contribution >= 4 is 29.1 Å². The van der Waals surface area contributed by atoms with Gasteiger partial charge in [-0.25, -0.2) is 0 Å². The van der Waals surface area contributed by atoms with E-state index in [-0.39, 0.29) is 36.9 Å². The van der Waals surface area contributed by atoms with Crippen molar-refractivity contribution in [2.75, 3.05) is 30.3 Å². The van der Waals surface area contributed by atoms with Crippen molar-refractivity contribution in [3.05, 3.63) is 59.2 Å². The molecule has 3 N–H and O–H groups in total. The zero-order valence-electron chi connectivity index (χ0n) is 19.7. The van der Waals surface area contributed by atoms with Gasteiger partial charge in [-0.1, -0.05) is 25.1 Å². The van der Waals surface area contributed by atoms with Crippen molar-refractivity contribution in [3.63, 3.8) is 0 Å². The Morgan fingerprint density at radius 1 is 0.879 bits per heavy atom. The molecule has 0 saturated carbocycles. The molecule has 0 radical (unpaired) electrons. The van der Waals surface area contributed by atoms with Crippen molar-refractivity contribution in [2.24, 2.45) is 0 Å². The van der Waals surface area contributed by atoms with Crippen LogP contribution in [0.25, 0.3) is 0 Å². The number of anilines is 2. The molecule has 0 fully saturated rings. The van der Waals surface area contributed by atoms with E-state index >= 15 is 0 Å². The fourth-order valence-electron chi connectivity index (χ4n) is 4.12. The molecule has 7 nitrogen and oxygen atoms in total. The molecule has 2 aromatic carbocycles. The first-order valence-corrected chi connectivity index (χ1v) is 11.6. The molecule has 3 amide bonds. The highest BCUT2D eigenvalue weighted by atomic mass is 16.2. The van der Waals surface area contributed by atoms with Gasteiger partial charge in [0.05, 0.1) is 19.1 Å². The van der Waals surface area contributed by atoms with Gasteiger partial charge in [-0.2, -0.15) is 0 Å². The smallest absolute Gasteiger partial charge is 0.238 e. The molecule has 33 heavy (non-hydrogen) atoms. The summed E-state index contributed by atoms with van der Waals surface area (Å²) in [6.45, 7) is 6.21. The van der Waals surface area contributed by atoms with Crippen molar-refractivity contribution in [1.82, 2.24) is 10.2 Å². The molecule has 0 spiro atoms. The maximum Gasteiger partial charge on any atom is 0.238 e. The lowest BCUT2D eigenvalue weighted by Gasteiger charge is -2.22. The molecular formula is C26H34N4O3. The molecule has 2 aromatic rings. The van der Waals surface area contributed by atoms with Crippen LogP contribution < -0.4 is 16.0 Å². The van der Waals surface area contributed by atoms with Crippen molar-refractivity contribution in [3.8, 4) is 0 Å². The van der Waals surface area contributed by atoms with E-state index in [0.717, 1.165) is 18.4 Å². The minimum atomic E-state index is -0.195. The largest absolute Gasteiger partial charge is 0.348 e. The molecule has 0 unspecified atom stereocenters. The van der Waals surface area contributed by atoms with Crippen molar-refractivity contribution < 1.29 is 14.4 Å². The van der Waals surface area contributed by atoms with Gasteiger partial charge < -0.3 is 16.0 Å². The SMILES string of the molecule is CCN(CC(=O)Nc1ccc(NC(C)=O)cc1)CC(=O)N[C@H](C)c1ccc2c(c1)CCCC2. The van der Waals surface area contributed by atoms with Crippen LogP contribution in [0.5, 0.6) is 0 Å². The number of aryl methyl sites for hydroxylation is 2. The average Bonchev–Trinajstić information content (AvgIpc) is 2.79. The minimum Gasteiger partial charge on any atom is -0.348 e. The maximum absolute atomic E-state index is 12.6. The summed E-state index contributed by atoms with van der Waals surface area (Å²) in [7, 11) is 0. The van der Waals surface area contributed by atoms with Gasteiger partial charge >= 0.3 is 0 Å². The summed E-state index contributed by atoms with van der Waals surface area (Å²) in [4.78, 5) is 38.0. The van der Waals surface area contributed by atoms with Gasteiger partial charge in [-0.05, 0) is 80.1 Å². The lowest BCUT2D eigenvalue weighted by molar-refractivity contribution is -0.124. The highest BCUT2D eigenvalue weighted by molar-refractivity contribution is 5.93. The van der Waals surface area contributed by atoms with Crippen LogP contribution in [-0.2, 0) is 27.2 Å². The fraction of sp³-hybridized carbons (Fsp3) is 0.423. The number of amides is 3. The minimum absolute atomic E-state index is 0.0839. The Morgan fingerprint density at radius 3 is 2.12 bits per heavy atom. The Morgan fingerprint density at radius 2 is 1.48 bits per heavy atom. The number of likely N-dealkylation sites (N-methyl/N-ethyl adjacent to an activating group) is 1. The van der Waals surface area contributed by atoms with E-state index < -0.39 is 0 Å². The molecule has 1 aliphatic rings. The van der Waals surface area contributed by atoms with Gasteiger partial charge in [0.2, 0.25) is 17.7 Å². The normalized spacial score (nSPS) is 13.7. The summed E-state index contributed by atoms with van der Waals surface area (Å²) < 4.78 is 0. The van der Waals surface area contributed by atoms with Crippen LogP contribution in [0.15, 0.2) is 42.5 Å². The molecule has 0 aromatic heterocycles. The van der Waals surface area contributed by atoms with E-state index in [0.29, 0.717) is 17.9 Å². The molecule has 0 heterocycles. The number of fused-ring (bicyclic) bond motifs is 1. The predicted molar refractivity (Wildman–Crippen MR) is 131 cm³/mol. The third-order valence-corrected chi connectivity index (χ3v) is 5.92. The number of hydrogen-bond acceptors (Lipinski definition) is 4. The van der Waals surface area contributed by atoms with Crippen LogP contribution in [0, 0.1) is 0 Å². The Labute approximate surface area is 195 Å². The van der Waals surface area contributed by atoms with Gasteiger partial charge in [-0.15, -0.1) is 0 Å². The quantitative estimate of drug-likeness (QED) is 0.544. The number of hydrogen-bond donors (Lipinski definition) is 3. The summed E-state index contributed by atoms with van der Waals surface area (Å²) in [5.74, 6) is -0.446. The second-order valence-electron chi connectivity index (χ2n) is 8.63. The van der Waals surface area contributed by atoms with Gasteiger partial charge in [-0.3, -0.25) is 19.3 Å². The van der Waals surface area contributed by atoms with E-state index in [4.69, 9.17) is 0 Å². The lowest BCUT2D eigenvalue weighted by atomic mass is 9.89. The predicted octanol–water partition coefficient (Wildman–Crippen LogP) is 3.66. The first-order valence-electron chi connectivity index (χ1n) is 11.6. The third-order valence-electron chi connectivity index (χ3n) is 5.92. The average molecular weight is 451 g/mol. The molecule has 176 valence electrons. The van der Waals surface area contributed by atoms with Gasteiger partial charge in [0, 0.05) is 18.3 Å². The number of carbonyl (C=O) groups excluding carboxylic acids is 3. The highest BCUT2D eigenvalue weighted by Crippen LogP contribution is 2.24. The Kier molecular flexibility index (Phi) is 8.60. The Bertz CT molecular complexity index is 988. The van der Waals surface area contributed by atoms with Crippen LogP contribution in [0.3, 0.4) is 0 Å². The Balaban J connectivity index is 1.48. The molecule has 1 aliphatic carbocycles. The summed E-state index contributed by atoms with van der Waals surface area (Å²) in [5.41, 5.74) is 5.25. The monoisotopic (exact) mass is 450 g/mol.